The fourth-order valence-electron chi connectivity index (χ4n) is 5.24. The van der Waals surface area contributed by atoms with Crippen LogP contribution in [0, 0.1) is 6.92 Å². The fraction of sp³-hybridized carbons (Fsp3) is 0.0909. The number of rotatable bonds is 5. The van der Waals surface area contributed by atoms with Crippen molar-refractivity contribution >= 4 is 44.4 Å². The molecule has 0 saturated carbocycles. The molecule has 6 rings (SSSR count). The molecule has 1 heterocycles. The van der Waals surface area contributed by atoms with Gasteiger partial charge in [0.05, 0.1) is 23.3 Å². The summed E-state index contributed by atoms with van der Waals surface area (Å²) in [5, 5.41) is 4.10. The quantitative estimate of drug-likeness (QED) is 0.181. The summed E-state index contributed by atoms with van der Waals surface area (Å²) in [4.78, 5) is 26.7. The van der Waals surface area contributed by atoms with Crippen molar-refractivity contribution in [1.29, 1.82) is 0 Å². The Labute approximate surface area is 219 Å². The Morgan fingerprint density at radius 1 is 0.711 bits per heavy atom. The van der Waals surface area contributed by atoms with Gasteiger partial charge in [0, 0.05) is 27.5 Å². The van der Waals surface area contributed by atoms with E-state index in [4.69, 9.17) is 9.47 Å². The fourth-order valence-corrected chi connectivity index (χ4v) is 5.24. The van der Waals surface area contributed by atoms with Crippen LogP contribution in [0.5, 0.6) is 5.75 Å². The van der Waals surface area contributed by atoms with Gasteiger partial charge >= 0.3 is 11.9 Å². The van der Waals surface area contributed by atoms with Crippen molar-refractivity contribution in [3.63, 3.8) is 0 Å². The van der Waals surface area contributed by atoms with E-state index in [1.807, 2.05) is 97.9 Å². The van der Waals surface area contributed by atoms with Gasteiger partial charge in [-0.25, -0.2) is 9.59 Å². The lowest BCUT2D eigenvalue weighted by atomic mass is 10.0. The van der Waals surface area contributed by atoms with Crippen molar-refractivity contribution in [3.8, 4) is 11.4 Å². The molecule has 0 aliphatic rings. The van der Waals surface area contributed by atoms with Crippen LogP contribution in [0.2, 0.25) is 0 Å². The summed E-state index contributed by atoms with van der Waals surface area (Å²) < 4.78 is 13.6. The van der Waals surface area contributed by atoms with Gasteiger partial charge in [0.2, 0.25) is 0 Å². The number of benzene rings is 5. The summed E-state index contributed by atoms with van der Waals surface area (Å²) in [7, 11) is 0. The second-order valence-electron chi connectivity index (χ2n) is 9.08. The standard InChI is InChI=1S/C33H25NO4/c1-3-37-33(36)30-21(2)34(23-14-5-4-6-15-23)31-26-18-10-9-17-25(26)29(20-28(30)31)38-32(35)27-19-11-13-22-12-7-8-16-24(22)27/h4-20H,3H2,1-2H3. The van der Waals surface area contributed by atoms with Gasteiger partial charge in [-0.2, -0.15) is 0 Å². The normalized spacial score (nSPS) is 11.2. The Hall–Kier alpha value is -4.90. The molecule has 0 amide bonds. The highest BCUT2D eigenvalue weighted by molar-refractivity contribution is 6.17. The third-order valence-corrected chi connectivity index (χ3v) is 6.87. The smallest absolute Gasteiger partial charge is 0.344 e. The highest BCUT2D eigenvalue weighted by atomic mass is 16.5. The molecular formula is C33H25NO4. The number of carbonyl (C=O) groups is 2. The highest BCUT2D eigenvalue weighted by Gasteiger charge is 2.26. The van der Waals surface area contributed by atoms with E-state index in [9.17, 15) is 9.59 Å². The Morgan fingerprint density at radius 3 is 2.13 bits per heavy atom. The van der Waals surface area contributed by atoms with Crippen LogP contribution in [0.1, 0.15) is 33.3 Å². The molecule has 0 fully saturated rings. The number of fused-ring (bicyclic) bond motifs is 4. The summed E-state index contributed by atoms with van der Waals surface area (Å²) >= 11 is 0. The molecule has 0 aliphatic heterocycles. The van der Waals surface area contributed by atoms with Gasteiger partial charge in [-0.3, -0.25) is 0 Å². The molecule has 0 saturated heterocycles. The van der Waals surface area contributed by atoms with Crippen molar-refractivity contribution in [2.45, 2.75) is 13.8 Å². The largest absolute Gasteiger partial charge is 0.462 e. The van der Waals surface area contributed by atoms with Gasteiger partial charge < -0.3 is 14.0 Å². The molecule has 38 heavy (non-hydrogen) atoms. The van der Waals surface area contributed by atoms with Crippen LogP contribution < -0.4 is 4.74 Å². The van der Waals surface area contributed by atoms with E-state index >= 15 is 0 Å². The zero-order valence-corrected chi connectivity index (χ0v) is 21.1. The van der Waals surface area contributed by atoms with Gasteiger partial charge in [0.25, 0.3) is 0 Å². The van der Waals surface area contributed by atoms with Crippen LogP contribution in [0.4, 0.5) is 0 Å². The van der Waals surface area contributed by atoms with E-state index < -0.39 is 11.9 Å². The molecule has 0 radical (unpaired) electrons. The lowest BCUT2D eigenvalue weighted by molar-refractivity contribution is 0.0527. The lowest BCUT2D eigenvalue weighted by Crippen LogP contribution is -2.10. The molecule has 6 aromatic rings. The summed E-state index contributed by atoms with van der Waals surface area (Å²) in [5.74, 6) is -0.476. The van der Waals surface area contributed by atoms with Crippen molar-refractivity contribution in [3.05, 3.63) is 120 Å². The Morgan fingerprint density at radius 2 is 1.37 bits per heavy atom. The average Bonchev–Trinajstić information content (AvgIpc) is 3.25. The lowest BCUT2D eigenvalue weighted by Gasteiger charge is -2.13. The first-order valence-corrected chi connectivity index (χ1v) is 12.6. The van der Waals surface area contributed by atoms with E-state index in [0.717, 1.165) is 38.4 Å². The maximum absolute atomic E-state index is 13.5. The number of esters is 2. The van der Waals surface area contributed by atoms with Gasteiger partial charge in [0.1, 0.15) is 5.75 Å². The summed E-state index contributed by atoms with van der Waals surface area (Å²) in [5.41, 5.74) is 3.48. The predicted molar refractivity (Wildman–Crippen MR) is 150 cm³/mol. The van der Waals surface area contributed by atoms with Gasteiger partial charge in [-0.1, -0.05) is 78.9 Å². The number of carbonyl (C=O) groups excluding carboxylic acids is 2. The summed E-state index contributed by atoms with van der Waals surface area (Å²) in [6.45, 7) is 3.96. The first-order valence-electron chi connectivity index (χ1n) is 12.6. The molecule has 5 nitrogen and oxygen atoms in total. The number of hydrogen-bond acceptors (Lipinski definition) is 4. The molecule has 0 aliphatic carbocycles. The minimum Gasteiger partial charge on any atom is -0.462 e. The monoisotopic (exact) mass is 499 g/mol. The van der Waals surface area contributed by atoms with Crippen LogP contribution in [-0.2, 0) is 4.74 Å². The minimum absolute atomic E-state index is 0.257. The Kier molecular flexibility index (Phi) is 5.89. The van der Waals surface area contributed by atoms with E-state index in [0.29, 0.717) is 22.3 Å². The van der Waals surface area contributed by atoms with Crippen LogP contribution in [0.3, 0.4) is 0 Å². The Bertz CT molecular complexity index is 1850. The SMILES string of the molecule is CCOC(=O)c1c(C)n(-c2ccccc2)c2c1cc(OC(=O)c1cccc3ccccc13)c1ccccc12. The maximum Gasteiger partial charge on any atom is 0.344 e. The number of hydrogen-bond donors (Lipinski definition) is 0. The van der Waals surface area contributed by atoms with Crippen molar-refractivity contribution < 1.29 is 19.1 Å². The van der Waals surface area contributed by atoms with E-state index in [2.05, 4.69) is 4.57 Å². The third kappa shape index (κ3) is 3.80. The molecular weight excluding hydrogens is 474 g/mol. The van der Waals surface area contributed by atoms with Gasteiger partial charge in [0.15, 0.2) is 0 Å². The average molecular weight is 500 g/mol. The minimum atomic E-state index is -0.455. The molecule has 0 atom stereocenters. The first kappa shape index (κ1) is 23.5. The molecule has 0 N–H and O–H groups in total. The second kappa shape index (κ2) is 9.52. The summed E-state index contributed by atoms with van der Waals surface area (Å²) in [6, 6.07) is 32.8. The third-order valence-electron chi connectivity index (χ3n) is 6.87. The molecule has 0 unspecified atom stereocenters. The number of para-hydroxylation sites is 1. The molecule has 5 aromatic carbocycles. The van der Waals surface area contributed by atoms with Crippen molar-refractivity contribution in [1.82, 2.24) is 4.57 Å². The van der Waals surface area contributed by atoms with E-state index in [-0.39, 0.29) is 6.61 Å². The second-order valence-corrected chi connectivity index (χ2v) is 9.08. The molecule has 0 bridgehead atoms. The van der Waals surface area contributed by atoms with Gasteiger partial charge in [-0.05, 0) is 48.9 Å². The zero-order valence-electron chi connectivity index (χ0n) is 21.1. The van der Waals surface area contributed by atoms with Crippen molar-refractivity contribution in [2.24, 2.45) is 0 Å². The number of nitrogens with zero attached hydrogens (tertiary/aromatic N) is 1. The van der Waals surface area contributed by atoms with Gasteiger partial charge in [-0.15, -0.1) is 0 Å². The van der Waals surface area contributed by atoms with Crippen LogP contribution in [0.25, 0.3) is 38.1 Å². The topological polar surface area (TPSA) is 57.5 Å². The molecule has 1 aromatic heterocycles. The van der Waals surface area contributed by atoms with Crippen LogP contribution in [0.15, 0.2) is 103 Å². The Balaban J connectivity index is 1.61. The highest BCUT2D eigenvalue weighted by Crippen LogP contribution is 2.40. The first-order chi connectivity index (χ1) is 18.6. The van der Waals surface area contributed by atoms with E-state index in [1.165, 1.54) is 0 Å². The van der Waals surface area contributed by atoms with Crippen molar-refractivity contribution in [2.75, 3.05) is 6.61 Å². The van der Waals surface area contributed by atoms with E-state index in [1.54, 1.807) is 19.1 Å². The predicted octanol–water partition coefficient (Wildman–Crippen LogP) is 7.64. The number of ether oxygens (including phenoxy) is 2. The molecule has 186 valence electrons. The summed E-state index contributed by atoms with van der Waals surface area (Å²) in [6.07, 6.45) is 0. The molecule has 0 spiro atoms. The maximum atomic E-state index is 13.5. The molecule has 5 heteroatoms. The van der Waals surface area contributed by atoms with Crippen LogP contribution in [-0.4, -0.2) is 23.1 Å². The zero-order chi connectivity index (χ0) is 26.2. The number of aromatic nitrogens is 1. The van der Waals surface area contributed by atoms with Crippen LogP contribution >= 0.6 is 0 Å².